The summed E-state index contributed by atoms with van der Waals surface area (Å²) in [6, 6.07) is 1.82. The van der Waals surface area contributed by atoms with Crippen LogP contribution in [0.2, 0.25) is 0 Å². The second-order valence-electron chi connectivity index (χ2n) is 4.26. The SMILES string of the molecule is Cc1cc(C(=O)NC2CCCC2CCl)on1. The molecule has 1 heterocycles. The average molecular weight is 243 g/mol. The van der Waals surface area contributed by atoms with Crippen molar-refractivity contribution in [3.05, 3.63) is 17.5 Å². The number of carbonyl (C=O) groups excluding carboxylic acids is 1. The van der Waals surface area contributed by atoms with Crippen molar-refractivity contribution in [2.24, 2.45) is 5.92 Å². The molecule has 5 heteroatoms. The van der Waals surface area contributed by atoms with Crippen molar-refractivity contribution in [3.63, 3.8) is 0 Å². The normalized spacial score (nSPS) is 24.6. The van der Waals surface area contributed by atoms with Gasteiger partial charge < -0.3 is 9.84 Å². The van der Waals surface area contributed by atoms with E-state index in [4.69, 9.17) is 16.1 Å². The standard InChI is InChI=1S/C11H15ClN2O2/c1-7-5-10(16-14-7)11(15)13-9-4-2-3-8(9)6-12/h5,8-9H,2-4,6H2,1H3,(H,13,15). The second-order valence-corrected chi connectivity index (χ2v) is 4.57. The van der Waals surface area contributed by atoms with E-state index in [2.05, 4.69) is 10.5 Å². The third kappa shape index (κ3) is 2.38. The number of nitrogens with one attached hydrogen (secondary N) is 1. The molecule has 1 aliphatic rings. The molecule has 0 saturated heterocycles. The molecule has 1 N–H and O–H groups in total. The Morgan fingerprint density at radius 3 is 3.12 bits per heavy atom. The number of alkyl halides is 1. The number of aryl methyl sites for hydroxylation is 1. The zero-order valence-electron chi connectivity index (χ0n) is 9.20. The van der Waals surface area contributed by atoms with Crippen LogP contribution in [0.5, 0.6) is 0 Å². The molecule has 1 aromatic rings. The number of carbonyl (C=O) groups is 1. The predicted molar refractivity (Wildman–Crippen MR) is 60.6 cm³/mol. The fourth-order valence-electron chi connectivity index (χ4n) is 2.12. The molecule has 0 bridgehead atoms. The molecule has 2 unspecified atom stereocenters. The highest BCUT2D eigenvalue weighted by atomic mass is 35.5. The summed E-state index contributed by atoms with van der Waals surface area (Å²) < 4.78 is 4.91. The van der Waals surface area contributed by atoms with Crippen molar-refractivity contribution in [1.82, 2.24) is 10.5 Å². The molecule has 0 spiro atoms. The van der Waals surface area contributed by atoms with Crippen molar-refractivity contribution in [2.75, 3.05) is 5.88 Å². The van der Waals surface area contributed by atoms with Gasteiger partial charge in [-0.25, -0.2) is 0 Å². The van der Waals surface area contributed by atoms with Crippen molar-refractivity contribution in [2.45, 2.75) is 32.2 Å². The van der Waals surface area contributed by atoms with E-state index >= 15 is 0 Å². The first-order chi connectivity index (χ1) is 7.70. The second kappa shape index (κ2) is 4.87. The van der Waals surface area contributed by atoms with Crippen LogP contribution < -0.4 is 5.32 Å². The van der Waals surface area contributed by atoms with Crippen molar-refractivity contribution in [1.29, 1.82) is 0 Å². The molecule has 0 radical (unpaired) electrons. The molecule has 1 aliphatic carbocycles. The van der Waals surface area contributed by atoms with Gasteiger partial charge in [0.2, 0.25) is 5.76 Å². The van der Waals surface area contributed by atoms with E-state index in [9.17, 15) is 4.79 Å². The van der Waals surface area contributed by atoms with Crippen LogP contribution in [0.1, 0.15) is 35.5 Å². The Morgan fingerprint density at radius 2 is 2.50 bits per heavy atom. The molecular weight excluding hydrogens is 228 g/mol. The van der Waals surface area contributed by atoms with E-state index in [1.54, 1.807) is 13.0 Å². The molecule has 1 fully saturated rings. The quantitative estimate of drug-likeness (QED) is 0.826. The van der Waals surface area contributed by atoms with E-state index in [1.165, 1.54) is 0 Å². The van der Waals surface area contributed by atoms with Gasteiger partial charge in [0.25, 0.3) is 5.91 Å². The highest BCUT2D eigenvalue weighted by Gasteiger charge is 2.28. The molecule has 2 atom stereocenters. The number of hydrogen-bond acceptors (Lipinski definition) is 3. The number of aromatic nitrogens is 1. The Balaban J connectivity index is 1.97. The lowest BCUT2D eigenvalue weighted by molar-refractivity contribution is 0.0892. The van der Waals surface area contributed by atoms with E-state index in [1.807, 2.05) is 0 Å². The molecule has 0 aromatic carbocycles. The topological polar surface area (TPSA) is 55.1 Å². The number of amides is 1. The molecular formula is C11H15ClN2O2. The van der Waals surface area contributed by atoms with Gasteiger partial charge in [-0.2, -0.15) is 0 Å². The first-order valence-corrected chi connectivity index (χ1v) is 6.04. The number of nitrogens with zero attached hydrogens (tertiary/aromatic N) is 1. The van der Waals surface area contributed by atoms with E-state index in [0.29, 0.717) is 17.5 Å². The van der Waals surface area contributed by atoms with Crippen molar-refractivity contribution >= 4 is 17.5 Å². The lowest BCUT2D eigenvalue weighted by Gasteiger charge is -2.17. The first kappa shape index (κ1) is 11.5. The number of halogens is 1. The molecule has 4 nitrogen and oxygen atoms in total. The van der Waals surface area contributed by atoms with Gasteiger partial charge in [-0.05, 0) is 25.7 Å². The summed E-state index contributed by atoms with van der Waals surface area (Å²) in [6.07, 6.45) is 3.21. The van der Waals surface area contributed by atoms with Crippen LogP contribution in [-0.4, -0.2) is 23.0 Å². The van der Waals surface area contributed by atoms with Crippen LogP contribution in [0.3, 0.4) is 0 Å². The van der Waals surface area contributed by atoms with Crippen LogP contribution in [0.4, 0.5) is 0 Å². The Morgan fingerprint density at radius 1 is 1.69 bits per heavy atom. The van der Waals surface area contributed by atoms with E-state index in [0.717, 1.165) is 19.3 Å². The Hall–Kier alpha value is -1.03. The number of rotatable bonds is 3. The van der Waals surface area contributed by atoms with Gasteiger partial charge in [-0.15, -0.1) is 11.6 Å². The van der Waals surface area contributed by atoms with Crippen molar-refractivity contribution in [3.8, 4) is 0 Å². The van der Waals surface area contributed by atoms with E-state index in [-0.39, 0.29) is 17.7 Å². The monoisotopic (exact) mass is 242 g/mol. The summed E-state index contributed by atoms with van der Waals surface area (Å²) in [7, 11) is 0. The maximum atomic E-state index is 11.8. The lowest BCUT2D eigenvalue weighted by Crippen LogP contribution is -2.37. The summed E-state index contributed by atoms with van der Waals surface area (Å²) in [6.45, 7) is 1.79. The molecule has 88 valence electrons. The van der Waals surface area contributed by atoms with Gasteiger partial charge >= 0.3 is 0 Å². The third-order valence-electron chi connectivity index (χ3n) is 3.03. The molecule has 1 saturated carbocycles. The van der Waals surface area contributed by atoms with Gasteiger partial charge in [0.1, 0.15) is 0 Å². The Kier molecular flexibility index (Phi) is 3.49. The molecule has 16 heavy (non-hydrogen) atoms. The average Bonchev–Trinajstić information content (AvgIpc) is 2.86. The third-order valence-corrected chi connectivity index (χ3v) is 3.42. The van der Waals surface area contributed by atoms with Crippen LogP contribution in [0.25, 0.3) is 0 Å². The van der Waals surface area contributed by atoms with Crippen LogP contribution >= 0.6 is 11.6 Å². The summed E-state index contributed by atoms with van der Waals surface area (Å²) in [4.78, 5) is 11.8. The minimum absolute atomic E-state index is 0.176. The van der Waals surface area contributed by atoms with Crippen LogP contribution in [0, 0.1) is 12.8 Å². The molecule has 1 aromatic heterocycles. The van der Waals surface area contributed by atoms with Gasteiger partial charge in [-0.3, -0.25) is 4.79 Å². The van der Waals surface area contributed by atoms with Gasteiger partial charge in [0.05, 0.1) is 5.69 Å². The highest BCUT2D eigenvalue weighted by molar-refractivity contribution is 6.18. The Bertz CT molecular complexity index is 378. The first-order valence-electron chi connectivity index (χ1n) is 5.51. The fraction of sp³-hybridized carbons (Fsp3) is 0.636. The van der Waals surface area contributed by atoms with Gasteiger partial charge in [0.15, 0.2) is 0 Å². The fourth-order valence-corrected chi connectivity index (χ4v) is 2.49. The van der Waals surface area contributed by atoms with Gasteiger partial charge in [0, 0.05) is 18.0 Å². The summed E-state index contributed by atoms with van der Waals surface area (Å²) in [5.74, 6) is 1.07. The minimum atomic E-state index is -0.192. The molecule has 2 rings (SSSR count). The maximum Gasteiger partial charge on any atom is 0.290 e. The zero-order valence-corrected chi connectivity index (χ0v) is 9.96. The number of hydrogen-bond donors (Lipinski definition) is 1. The highest BCUT2D eigenvalue weighted by Crippen LogP contribution is 2.26. The summed E-state index contributed by atoms with van der Waals surface area (Å²) in [5.41, 5.74) is 0.713. The van der Waals surface area contributed by atoms with Crippen molar-refractivity contribution < 1.29 is 9.32 Å². The Labute approximate surface area is 99.3 Å². The lowest BCUT2D eigenvalue weighted by atomic mass is 10.1. The van der Waals surface area contributed by atoms with Crippen LogP contribution in [-0.2, 0) is 0 Å². The van der Waals surface area contributed by atoms with E-state index < -0.39 is 0 Å². The largest absolute Gasteiger partial charge is 0.351 e. The molecule has 0 aliphatic heterocycles. The smallest absolute Gasteiger partial charge is 0.290 e. The maximum absolute atomic E-state index is 11.8. The summed E-state index contributed by atoms with van der Waals surface area (Å²) >= 11 is 5.85. The predicted octanol–water partition coefficient (Wildman–Crippen LogP) is 2.12. The van der Waals surface area contributed by atoms with Crippen LogP contribution in [0.15, 0.2) is 10.6 Å². The molecule has 1 amide bonds. The van der Waals surface area contributed by atoms with Gasteiger partial charge in [-0.1, -0.05) is 11.6 Å². The zero-order chi connectivity index (χ0) is 11.5. The minimum Gasteiger partial charge on any atom is -0.351 e. The summed E-state index contributed by atoms with van der Waals surface area (Å²) in [5, 5.41) is 6.64.